The van der Waals surface area contributed by atoms with Crippen molar-refractivity contribution in [2.24, 2.45) is 5.73 Å². The fourth-order valence-corrected chi connectivity index (χ4v) is 2.83. The van der Waals surface area contributed by atoms with Crippen LogP contribution in [0.2, 0.25) is 0 Å². The highest BCUT2D eigenvalue weighted by Gasteiger charge is 2.18. The minimum Gasteiger partial charge on any atom is -0.369 e. The number of nitrogens with two attached hydrogens (primary N) is 1. The highest BCUT2D eigenvalue weighted by Crippen LogP contribution is 2.11. The number of nitrogens with zero attached hydrogens (tertiary/aromatic N) is 2. The number of thiophene rings is 1. The van der Waals surface area contributed by atoms with Gasteiger partial charge in [0.2, 0.25) is 11.8 Å². The zero-order valence-corrected chi connectivity index (χ0v) is 12.1. The third-order valence-corrected chi connectivity index (χ3v) is 4.05. The molecule has 1 fully saturated rings. The van der Waals surface area contributed by atoms with Crippen LogP contribution in [0.4, 0.5) is 0 Å². The predicted octanol–water partition coefficient (Wildman–Crippen LogP) is 0.781. The summed E-state index contributed by atoms with van der Waals surface area (Å²) in [6.07, 6.45) is 4.33. The van der Waals surface area contributed by atoms with E-state index in [0.29, 0.717) is 13.1 Å². The topological polar surface area (TPSA) is 66.6 Å². The molecule has 0 aromatic carbocycles. The molecule has 1 aromatic rings. The first-order valence-corrected chi connectivity index (χ1v) is 7.54. The van der Waals surface area contributed by atoms with Crippen LogP contribution in [0.5, 0.6) is 0 Å². The van der Waals surface area contributed by atoms with Gasteiger partial charge < -0.3 is 10.6 Å². The summed E-state index contributed by atoms with van der Waals surface area (Å²) in [7, 11) is 0. The van der Waals surface area contributed by atoms with E-state index in [1.54, 1.807) is 17.4 Å². The van der Waals surface area contributed by atoms with Crippen molar-refractivity contribution < 1.29 is 9.59 Å². The van der Waals surface area contributed by atoms with Crippen LogP contribution < -0.4 is 5.73 Å². The van der Waals surface area contributed by atoms with Crippen molar-refractivity contribution in [3.63, 3.8) is 0 Å². The Balaban J connectivity index is 1.86. The largest absolute Gasteiger partial charge is 0.369 e. The second-order valence-electron chi connectivity index (χ2n) is 4.77. The van der Waals surface area contributed by atoms with Crippen LogP contribution >= 0.6 is 11.3 Å². The van der Waals surface area contributed by atoms with E-state index in [9.17, 15) is 9.59 Å². The molecule has 20 heavy (non-hydrogen) atoms. The quantitative estimate of drug-likeness (QED) is 0.834. The molecule has 1 saturated heterocycles. The minimum atomic E-state index is -0.317. The summed E-state index contributed by atoms with van der Waals surface area (Å²) in [5.41, 5.74) is 5.20. The lowest BCUT2D eigenvalue weighted by atomic mass is 10.3. The van der Waals surface area contributed by atoms with Crippen LogP contribution in [0.25, 0.3) is 6.08 Å². The third kappa shape index (κ3) is 4.47. The Morgan fingerprint density at radius 1 is 1.30 bits per heavy atom. The molecular formula is C14H19N3O2S. The van der Waals surface area contributed by atoms with E-state index >= 15 is 0 Å². The highest BCUT2D eigenvalue weighted by atomic mass is 32.1. The summed E-state index contributed by atoms with van der Waals surface area (Å²) in [6, 6.07) is 3.94. The smallest absolute Gasteiger partial charge is 0.246 e. The zero-order chi connectivity index (χ0) is 14.4. The van der Waals surface area contributed by atoms with Crippen molar-refractivity contribution >= 4 is 29.2 Å². The Kier molecular flexibility index (Phi) is 5.31. The maximum atomic E-state index is 12.1. The maximum absolute atomic E-state index is 12.1. The Morgan fingerprint density at radius 2 is 2.15 bits per heavy atom. The van der Waals surface area contributed by atoms with Crippen LogP contribution in [0.3, 0.4) is 0 Å². The molecule has 0 unspecified atom stereocenters. The number of amides is 2. The predicted molar refractivity (Wildman–Crippen MR) is 80.2 cm³/mol. The molecule has 2 amide bonds. The first-order chi connectivity index (χ1) is 9.65. The van der Waals surface area contributed by atoms with Gasteiger partial charge in [-0.25, -0.2) is 0 Å². The van der Waals surface area contributed by atoms with Gasteiger partial charge in [-0.3, -0.25) is 14.5 Å². The van der Waals surface area contributed by atoms with Gasteiger partial charge in [0.1, 0.15) is 0 Å². The molecular weight excluding hydrogens is 274 g/mol. The van der Waals surface area contributed by atoms with Crippen molar-refractivity contribution in [3.05, 3.63) is 28.5 Å². The Bertz CT molecular complexity index is 485. The molecule has 0 atom stereocenters. The van der Waals surface area contributed by atoms with Crippen molar-refractivity contribution in [1.29, 1.82) is 0 Å². The number of primary amides is 1. The first kappa shape index (κ1) is 14.7. The van der Waals surface area contributed by atoms with Crippen LogP contribution in [-0.2, 0) is 9.59 Å². The molecule has 0 bridgehead atoms. The molecule has 6 heteroatoms. The van der Waals surface area contributed by atoms with E-state index in [-0.39, 0.29) is 18.4 Å². The van der Waals surface area contributed by atoms with Crippen LogP contribution in [0, 0.1) is 0 Å². The van der Waals surface area contributed by atoms with Crippen LogP contribution in [0.15, 0.2) is 23.6 Å². The third-order valence-electron chi connectivity index (χ3n) is 3.21. The molecule has 1 aliphatic heterocycles. The van der Waals surface area contributed by atoms with Gasteiger partial charge in [0.05, 0.1) is 6.54 Å². The second kappa shape index (κ2) is 7.21. The summed E-state index contributed by atoms with van der Waals surface area (Å²) in [6.45, 7) is 3.14. The molecule has 2 rings (SSSR count). The van der Waals surface area contributed by atoms with E-state index in [1.807, 2.05) is 33.4 Å². The highest BCUT2D eigenvalue weighted by molar-refractivity contribution is 7.10. The van der Waals surface area contributed by atoms with E-state index in [0.717, 1.165) is 24.4 Å². The number of hydrogen-bond acceptors (Lipinski definition) is 4. The summed E-state index contributed by atoms with van der Waals surface area (Å²) < 4.78 is 0. The van der Waals surface area contributed by atoms with Crippen molar-refractivity contribution in [2.75, 3.05) is 32.7 Å². The minimum absolute atomic E-state index is 0.0272. The second-order valence-corrected chi connectivity index (χ2v) is 5.75. The normalized spacial score (nSPS) is 17.3. The van der Waals surface area contributed by atoms with Gasteiger partial charge >= 0.3 is 0 Å². The Morgan fingerprint density at radius 3 is 2.85 bits per heavy atom. The summed E-state index contributed by atoms with van der Waals surface area (Å²) in [5, 5.41) is 1.98. The fraction of sp³-hybridized carbons (Fsp3) is 0.429. The lowest BCUT2D eigenvalue weighted by Gasteiger charge is -2.19. The molecule has 0 saturated carbocycles. The summed E-state index contributed by atoms with van der Waals surface area (Å²) >= 11 is 1.61. The Hall–Kier alpha value is -1.66. The summed E-state index contributed by atoms with van der Waals surface area (Å²) in [4.78, 5) is 27.9. The molecule has 0 aliphatic carbocycles. The number of carbonyl (C=O) groups excluding carboxylic acids is 2. The van der Waals surface area contributed by atoms with Gasteiger partial charge in [-0.15, -0.1) is 11.3 Å². The zero-order valence-electron chi connectivity index (χ0n) is 11.3. The van der Waals surface area contributed by atoms with Gasteiger partial charge in [0, 0.05) is 37.1 Å². The molecule has 1 aliphatic rings. The van der Waals surface area contributed by atoms with Gasteiger partial charge in [0.15, 0.2) is 0 Å². The monoisotopic (exact) mass is 293 g/mol. The van der Waals surface area contributed by atoms with E-state index in [1.165, 1.54) is 0 Å². The van der Waals surface area contributed by atoms with Gasteiger partial charge in [-0.1, -0.05) is 6.07 Å². The van der Waals surface area contributed by atoms with Gasteiger partial charge in [-0.05, 0) is 23.9 Å². The van der Waals surface area contributed by atoms with Gasteiger partial charge in [0.25, 0.3) is 0 Å². The number of hydrogen-bond donors (Lipinski definition) is 1. The molecule has 2 heterocycles. The van der Waals surface area contributed by atoms with Crippen molar-refractivity contribution in [1.82, 2.24) is 9.80 Å². The molecule has 0 radical (unpaired) electrons. The lowest BCUT2D eigenvalue weighted by Crippen LogP contribution is -2.37. The standard InChI is InChI=1S/C14H19N3O2S/c15-13(18)11-16-6-2-7-17(9-8-16)14(19)5-4-12-3-1-10-20-12/h1,3-5,10H,2,6-9,11H2,(H2,15,18)/b5-4+. The summed E-state index contributed by atoms with van der Waals surface area (Å²) in [5.74, 6) is -0.290. The molecule has 108 valence electrons. The average Bonchev–Trinajstić information content (AvgIpc) is 2.82. The molecule has 5 nitrogen and oxygen atoms in total. The van der Waals surface area contributed by atoms with E-state index in [2.05, 4.69) is 0 Å². The average molecular weight is 293 g/mol. The first-order valence-electron chi connectivity index (χ1n) is 6.66. The fourth-order valence-electron chi connectivity index (χ4n) is 2.21. The lowest BCUT2D eigenvalue weighted by molar-refractivity contribution is -0.125. The van der Waals surface area contributed by atoms with Crippen molar-refractivity contribution in [2.45, 2.75) is 6.42 Å². The number of carbonyl (C=O) groups is 2. The molecule has 1 aromatic heterocycles. The van der Waals surface area contributed by atoms with Crippen LogP contribution in [-0.4, -0.2) is 54.3 Å². The molecule has 2 N–H and O–H groups in total. The van der Waals surface area contributed by atoms with Crippen LogP contribution in [0.1, 0.15) is 11.3 Å². The van der Waals surface area contributed by atoms with Gasteiger partial charge in [-0.2, -0.15) is 0 Å². The maximum Gasteiger partial charge on any atom is 0.246 e. The number of rotatable bonds is 4. The SMILES string of the molecule is NC(=O)CN1CCCN(C(=O)/C=C/c2cccs2)CC1. The van der Waals surface area contributed by atoms with E-state index in [4.69, 9.17) is 5.73 Å². The van der Waals surface area contributed by atoms with Crippen molar-refractivity contribution in [3.8, 4) is 0 Å². The Labute approximate surface area is 122 Å². The van der Waals surface area contributed by atoms with E-state index < -0.39 is 0 Å². The molecule has 0 spiro atoms.